The Morgan fingerprint density at radius 3 is 2.44 bits per heavy atom. The second kappa shape index (κ2) is 8.42. The zero-order valence-electron chi connectivity index (χ0n) is 15.2. The Morgan fingerprint density at radius 1 is 1.07 bits per heavy atom. The number of nitrogens with zero attached hydrogens (tertiary/aromatic N) is 1. The van der Waals surface area contributed by atoms with Crippen LogP contribution >= 0.6 is 11.6 Å². The van der Waals surface area contributed by atoms with Crippen LogP contribution in [0.25, 0.3) is 0 Å². The van der Waals surface area contributed by atoms with E-state index >= 15 is 0 Å². The van der Waals surface area contributed by atoms with Crippen molar-refractivity contribution in [3.63, 3.8) is 0 Å². The molecule has 3 rings (SSSR count). The summed E-state index contributed by atoms with van der Waals surface area (Å²) < 4.78 is 28.3. The summed E-state index contributed by atoms with van der Waals surface area (Å²) in [6, 6.07) is 13.5. The average Bonchev–Trinajstić information content (AvgIpc) is 2.88. The minimum absolute atomic E-state index is 0.197. The number of sulfonamides is 1. The Labute approximate surface area is 165 Å². The van der Waals surface area contributed by atoms with Gasteiger partial charge in [0.15, 0.2) is 0 Å². The first kappa shape index (κ1) is 19.9. The highest BCUT2D eigenvalue weighted by atomic mass is 35.5. The molecule has 1 saturated heterocycles. The van der Waals surface area contributed by atoms with Crippen LogP contribution in [0.5, 0.6) is 0 Å². The molecule has 0 unspecified atom stereocenters. The highest BCUT2D eigenvalue weighted by Crippen LogP contribution is 2.37. The summed E-state index contributed by atoms with van der Waals surface area (Å²) in [5.74, 6) is -0.197. The van der Waals surface area contributed by atoms with Crippen LogP contribution in [0.15, 0.2) is 53.4 Å². The first-order valence-electron chi connectivity index (χ1n) is 9.03. The first-order valence-corrected chi connectivity index (χ1v) is 10.9. The molecule has 27 heavy (non-hydrogen) atoms. The van der Waals surface area contributed by atoms with E-state index in [-0.39, 0.29) is 16.8 Å². The van der Waals surface area contributed by atoms with Gasteiger partial charge in [-0.2, -0.15) is 4.31 Å². The fourth-order valence-electron chi connectivity index (χ4n) is 3.47. The Morgan fingerprint density at radius 2 is 1.78 bits per heavy atom. The molecule has 1 amide bonds. The topological polar surface area (TPSA) is 66.5 Å². The summed E-state index contributed by atoms with van der Waals surface area (Å²) in [7, 11) is -3.68. The van der Waals surface area contributed by atoms with E-state index in [4.69, 9.17) is 11.6 Å². The van der Waals surface area contributed by atoms with Crippen LogP contribution in [-0.4, -0.2) is 25.2 Å². The van der Waals surface area contributed by atoms with Crippen molar-refractivity contribution in [2.24, 2.45) is 0 Å². The molecule has 1 N–H and O–H groups in total. The maximum absolute atomic E-state index is 13.4. The van der Waals surface area contributed by atoms with E-state index in [1.54, 1.807) is 22.5 Å². The Bertz CT molecular complexity index is 913. The molecule has 1 fully saturated rings. The molecule has 1 aliphatic rings. The van der Waals surface area contributed by atoms with Crippen LogP contribution in [0.2, 0.25) is 5.02 Å². The summed E-state index contributed by atoms with van der Waals surface area (Å²) in [6.07, 6.45) is 3.52. The second-order valence-electron chi connectivity index (χ2n) is 6.71. The molecule has 0 radical (unpaired) electrons. The van der Waals surface area contributed by atoms with Gasteiger partial charge in [-0.15, -0.1) is 0 Å². The normalized spacial score (nSPS) is 18.7. The maximum Gasteiger partial charge on any atom is 0.243 e. The highest BCUT2D eigenvalue weighted by molar-refractivity contribution is 7.89. The van der Waals surface area contributed by atoms with Crippen molar-refractivity contribution >= 4 is 33.2 Å². The third kappa shape index (κ3) is 4.51. The van der Waals surface area contributed by atoms with Crippen molar-refractivity contribution in [1.29, 1.82) is 0 Å². The SMILES string of the molecule is CC(=O)Nc1ccc(S(=O)(=O)N2CCCCC[C@H]2c2ccccc2Cl)cc1. The first-order chi connectivity index (χ1) is 12.9. The van der Waals surface area contributed by atoms with Gasteiger partial charge in [-0.25, -0.2) is 8.42 Å². The molecular formula is C20H23ClN2O3S. The van der Waals surface area contributed by atoms with Gasteiger partial charge in [0.25, 0.3) is 0 Å². The third-order valence-electron chi connectivity index (χ3n) is 4.75. The number of anilines is 1. The van der Waals surface area contributed by atoms with Crippen LogP contribution in [0.4, 0.5) is 5.69 Å². The van der Waals surface area contributed by atoms with Crippen molar-refractivity contribution in [2.75, 3.05) is 11.9 Å². The lowest BCUT2D eigenvalue weighted by molar-refractivity contribution is -0.114. The van der Waals surface area contributed by atoms with Crippen LogP contribution in [0.3, 0.4) is 0 Å². The molecule has 5 nitrogen and oxygen atoms in total. The van der Waals surface area contributed by atoms with Gasteiger partial charge in [-0.05, 0) is 48.7 Å². The molecule has 144 valence electrons. The lowest BCUT2D eigenvalue weighted by atomic mass is 10.0. The Hall–Kier alpha value is -1.89. The molecule has 7 heteroatoms. The van der Waals surface area contributed by atoms with Gasteiger partial charge in [0.05, 0.1) is 10.9 Å². The second-order valence-corrected chi connectivity index (χ2v) is 9.01. The van der Waals surface area contributed by atoms with E-state index in [1.807, 2.05) is 18.2 Å². The number of rotatable bonds is 4. The number of amides is 1. The van der Waals surface area contributed by atoms with Gasteiger partial charge in [0, 0.05) is 24.2 Å². The van der Waals surface area contributed by atoms with Gasteiger partial charge < -0.3 is 5.32 Å². The summed E-state index contributed by atoms with van der Waals surface area (Å²) in [5, 5.41) is 3.24. The minimum atomic E-state index is -3.68. The van der Waals surface area contributed by atoms with Crippen molar-refractivity contribution in [2.45, 2.75) is 43.5 Å². The predicted octanol–water partition coefficient (Wildman–Crippen LogP) is 4.60. The summed E-state index contributed by atoms with van der Waals surface area (Å²) in [4.78, 5) is 11.4. The monoisotopic (exact) mass is 406 g/mol. The zero-order chi connectivity index (χ0) is 19.4. The molecule has 0 aromatic heterocycles. The molecule has 1 aliphatic heterocycles. The quantitative estimate of drug-likeness (QED) is 0.806. The molecule has 1 atom stereocenters. The summed E-state index contributed by atoms with van der Waals surface area (Å²) >= 11 is 6.38. The number of carbonyl (C=O) groups is 1. The maximum atomic E-state index is 13.4. The van der Waals surface area contributed by atoms with Gasteiger partial charge in [-0.1, -0.05) is 42.6 Å². The van der Waals surface area contributed by atoms with Crippen LogP contribution in [-0.2, 0) is 14.8 Å². The molecule has 0 aliphatic carbocycles. The Kier molecular flexibility index (Phi) is 6.19. The lowest BCUT2D eigenvalue weighted by Gasteiger charge is -2.30. The van der Waals surface area contributed by atoms with Crippen LogP contribution in [0, 0.1) is 0 Å². The van der Waals surface area contributed by atoms with Crippen molar-refractivity contribution in [3.05, 3.63) is 59.1 Å². The minimum Gasteiger partial charge on any atom is -0.326 e. The van der Waals surface area contributed by atoms with E-state index in [1.165, 1.54) is 19.1 Å². The largest absolute Gasteiger partial charge is 0.326 e. The number of hydrogen-bond acceptors (Lipinski definition) is 3. The third-order valence-corrected chi connectivity index (χ3v) is 7.02. The number of halogens is 1. The molecule has 2 aromatic rings. The highest BCUT2D eigenvalue weighted by Gasteiger charge is 2.34. The summed E-state index contributed by atoms with van der Waals surface area (Å²) in [6.45, 7) is 1.88. The number of nitrogens with one attached hydrogen (secondary N) is 1. The molecule has 1 heterocycles. The van der Waals surface area contributed by atoms with Crippen molar-refractivity contribution in [1.82, 2.24) is 4.31 Å². The number of hydrogen-bond donors (Lipinski definition) is 1. The van der Waals surface area contributed by atoms with Gasteiger partial charge in [0.1, 0.15) is 0 Å². The molecule has 0 spiro atoms. The molecule has 0 bridgehead atoms. The van der Waals surface area contributed by atoms with Crippen LogP contribution in [0.1, 0.15) is 44.2 Å². The van der Waals surface area contributed by atoms with Gasteiger partial charge in [0.2, 0.25) is 15.9 Å². The van der Waals surface area contributed by atoms with E-state index in [0.29, 0.717) is 17.3 Å². The molecule has 0 saturated carbocycles. The fraction of sp³-hybridized carbons (Fsp3) is 0.350. The van der Waals surface area contributed by atoms with Gasteiger partial charge >= 0.3 is 0 Å². The van der Waals surface area contributed by atoms with Gasteiger partial charge in [-0.3, -0.25) is 4.79 Å². The molecular weight excluding hydrogens is 384 g/mol. The number of benzene rings is 2. The van der Waals surface area contributed by atoms with Crippen molar-refractivity contribution < 1.29 is 13.2 Å². The Balaban J connectivity index is 1.96. The fourth-order valence-corrected chi connectivity index (χ4v) is 5.41. The van der Waals surface area contributed by atoms with E-state index in [0.717, 1.165) is 31.2 Å². The van der Waals surface area contributed by atoms with E-state index in [9.17, 15) is 13.2 Å². The van der Waals surface area contributed by atoms with Crippen LogP contribution < -0.4 is 5.32 Å². The van der Waals surface area contributed by atoms with E-state index < -0.39 is 10.0 Å². The summed E-state index contributed by atoms with van der Waals surface area (Å²) in [5.41, 5.74) is 1.42. The lowest BCUT2D eigenvalue weighted by Crippen LogP contribution is -2.35. The van der Waals surface area contributed by atoms with Crippen molar-refractivity contribution in [3.8, 4) is 0 Å². The standard InChI is InChI=1S/C20H23ClN2O3S/c1-15(24)22-16-10-12-17(13-11-16)27(25,26)23-14-6-2-3-9-20(23)18-7-4-5-8-19(18)21/h4-5,7-8,10-13,20H,2-3,6,9,14H2,1H3,(H,22,24)/t20-/m0/s1. The molecule has 2 aromatic carbocycles. The van der Waals surface area contributed by atoms with E-state index in [2.05, 4.69) is 5.32 Å². The smallest absolute Gasteiger partial charge is 0.243 e. The number of carbonyl (C=O) groups excluding carboxylic acids is 1. The predicted molar refractivity (Wildman–Crippen MR) is 107 cm³/mol. The zero-order valence-corrected chi connectivity index (χ0v) is 16.8. The average molecular weight is 407 g/mol.